The summed E-state index contributed by atoms with van der Waals surface area (Å²) in [7, 11) is 1.33. The number of nitrogens with zero attached hydrogens (tertiary/aromatic N) is 1. The minimum Gasteiger partial charge on any atom is -0.465 e. The summed E-state index contributed by atoms with van der Waals surface area (Å²) in [6.07, 6.45) is 3.20. The van der Waals surface area contributed by atoms with Gasteiger partial charge in [0.2, 0.25) is 0 Å². The highest BCUT2D eigenvalue weighted by Gasteiger charge is 2.42. The first-order chi connectivity index (χ1) is 15.7. The number of nitrogens with one attached hydrogen (secondary N) is 2. The number of allylic oxidation sites excluding steroid dienone is 2. The number of carbonyl (C=O) groups is 2. The number of Topliss-reactive ketones (excluding diaryl/α,β-unsaturated/α-hetero) is 1. The molecule has 0 amide bonds. The Morgan fingerprint density at radius 1 is 1.21 bits per heavy atom. The molecule has 1 unspecified atom stereocenters. The van der Waals surface area contributed by atoms with Crippen LogP contribution in [0.3, 0.4) is 0 Å². The number of aromatic nitrogens is 2. The van der Waals surface area contributed by atoms with E-state index in [0.717, 1.165) is 29.9 Å². The van der Waals surface area contributed by atoms with Crippen molar-refractivity contribution in [3.63, 3.8) is 0 Å². The molecule has 7 nitrogen and oxygen atoms in total. The van der Waals surface area contributed by atoms with E-state index in [1.54, 1.807) is 24.3 Å². The Morgan fingerprint density at radius 3 is 2.61 bits per heavy atom. The summed E-state index contributed by atoms with van der Waals surface area (Å²) < 4.78 is 4.80. The normalized spacial score (nSPS) is 18.9. The zero-order valence-electron chi connectivity index (χ0n) is 19.4. The van der Waals surface area contributed by atoms with Crippen molar-refractivity contribution in [2.75, 3.05) is 18.2 Å². The summed E-state index contributed by atoms with van der Waals surface area (Å²) in [5, 5.41) is 3.91. The smallest absolute Gasteiger partial charge is 0.337 e. The third kappa shape index (κ3) is 4.62. The van der Waals surface area contributed by atoms with Crippen molar-refractivity contribution in [3.8, 4) is 0 Å². The second kappa shape index (κ2) is 9.17. The van der Waals surface area contributed by atoms with E-state index in [0.29, 0.717) is 40.5 Å². The Bertz CT molecular complexity index is 1180. The largest absolute Gasteiger partial charge is 0.465 e. The van der Waals surface area contributed by atoms with Crippen molar-refractivity contribution < 1.29 is 14.3 Å². The van der Waals surface area contributed by atoms with E-state index >= 15 is 0 Å². The van der Waals surface area contributed by atoms with Crippen molar-refractivity contribution >= 4 is 29.3 Å². The first-order valence-electron chi connectivity index (χ1n) is 11.2. The lowest BCUT2D eigenvalue weighted by atomic mass is 9.69. The molecule has 1 atom stereocenters. The standard InChI is InChI=1S/C25H29N3O4S/c1-5-6-11-33-24-27-21-20(22(30)28-24)18(14-7-9-15(10-8-14)23(31)32-4)19-16(26-21)12-25(2,3)13-17(19)29/h7-10,18H,5-6,11-13H2,1-4H3,(H2,26,27,28,30). The Morgan fingerprint density at radius 2 is 1.94 bits per heavy atom. The number of carbonyl (C=O) groups excluding carboxylic acids is 2. The van der Waals surface area contributed by atoms with Crippen LogP contribution >= 0.6 is 11.8 Å². The lowest BCUT2D eigenvalue weighted by molar-refractivity contribution is -0.118. The lowest BCUT2D eigenvalue weighted by Crippen LogP contribution is -2.37. The SMILES string of the molecule is CCCCSc1nc2c(c(=O)[nH]1)C(c1ccc(C(=O)OC)cc1)C1=C(CC(C)(C)CC1=O)N2. The Hall–Kier alpha value is -2.87. The van der Waals surface area contributed by atoms with Gasteiger partial charge >= 0.3 is 5.97 Å². The molecule has 8 heteroatoms. The summed E-state index contributed by atoms with van der Waals surface area (Å²) in [4.78, 5) is 46.1. The van der Waals surface area contributed by atoms with E-state index < -0.39 is 11.9 Å². The first kappa shape index (κ1) is 23.3. The van der Waals surface area contributed by atoms with Gasteiger partial charge in [0.1, 0.15) is 5.82 Å². The monoisotopic (exact) mass is 467 g/mol. The number of fused-ring (bicyclic) bond motifs is 1. The van der Waals surface area contributed by atoms with Gasteiger partial charge in [0.15, 0.2) is 10.9 Å². The van der Waals surface area contributed by atoms with Gasteiger partial charge in [-0.2, -0.15) is 0 Å². The van der Waals surface area contributed by atoms with Crippen LogP contribution in [0, 0.1) is 5.41 Å². The second-order valence-electron chi connectivity index (χ2n) is 9.34. The molecule has 1 aliphatic carbocycles. The Kier molecular flexibility index (Phi) is 6.47. The van der Waals surface area contributed by atoms with E-state index in [2.05, 4.69) is 31.1 Å². The molecule has 2 N–H and O–H groups in total. The highest BCUT2D eigenvalue weighted by atomic mass is 32.2. The Labute approximate surface area is 197 Å². The zero-order chi connectivity index (χ0) is 23.8. The summed E-state index contributed by atoms with van der Waals surface area (Å²) in [5.74, 6) is 0.426. The van der Waals surface area contributed by atoms with Crippen molar-refractivity contribution in [2.45, 2.75) is 57.5 Å². The maximum atomic E-state index is 13.3. The van der Waals surface area contributed by atoms with E-state index in [4.69, 9.17) is 9.72 Å². The molecule has 4 rings (SSSR count). The van der Waals surface area contributed by atoms with Gasteiger partial charge in [0, 0.05) is 29.4 Å². The number of ketones is 1. The molecule has 0 fully saturated rings. The molecule has 0 saturated carbocycles. The third-order valence-corrected chi connectivity index (χ3v) is 7.06. The van der Waals surface area contributed by atoms with Crippen LogP contribution in [-0.2, 0) is 9.53 Å². The first-order valence-corrected chi connectivity index (χ1v) is 12.2. The van der Waals surface area contributed by atoms with Crippen molar-refractivity contribution in [3.05, 3.63) is 62.6 Å². The quantitative estimate of drug-likeness (QED) is 0.276. The molecule has 0 bridgehead atoms. The number of thioether (sulfide) groups is 1. The highest BCUT2D eigenvalue weighted by molar-refractivity contribution is 7.99. The van der Waals surface area contributed by atoms with Crippen molar-refractivity contribution in [2.24, 2.45) is 5.41 Å². The van der Waals surface area contributed by atoms with E-state index in [-0.39, 0.29) is 16.8 Å². The van der Waals surface area contributed by atoms with E-state index in [9.17, 15) is 14.4 Å². The summed E-state index contributed by atoms with van der Waals surface area (Å²) in [5.41, 5.74) is 2.63. The lowest BCUT2D eigenvalue weighted by Gasteiger charge is -2.38. The van der Waals surface area contributed by atoms with E-state index in [1.165, 1.54) is 18.9 Å². The number of ether oxygens (including phenoxy) is 1. The van der Waals surface area contributed by atoms with Crippen molar-refractivity contribution in [1.29, 1.82) is 0 Å². The number of aromatic amines is 1. The molecule has 2 aromatic rings. The molecule has 2 aliphatic rings. The molecular formula is C25H29N3O4S. The van der Waals surface area contributed by atoms with E-state index in [1.807, 2.05) is 0 Å². The van der Waals surface area contributed by atoms with Crippen molar-refractivity contribution in [1.82, 2.24) is 9.97 Å². The van der Waals surface area contributed by atoms with Gasteiger partial charge < -0.3 is 15.0 Å². The van der Waals surface area contributed by atoms with Crippen LogP contribution in [0.2, 0.25) is 0 Å². The van der Waals surface area contributed by atoms with Gasteiger partial charge in [-0.15, -0.1) is 0 Å². The molecule has 33 heavy (non-hydrogen) atoms. The molecule has 0 radical (unpaired) electrons. The highest BCUT2D eigenvalue weighted by Crippen LogP contribution is 2.47. The van der Waals surface area contributed by atoms with Gasteiger partial charge in [-0.25, -0.2) is 9.78 Å². The van der Waals surface area contributed by atoms with Gasteiger partial charge in [0.05, 0.1) is 18.2 Å². The molecule has 0 spiro atoms. The second-order valence-corrected chi connectivity index (χ2v) is 10.4. The summed E-state index contributed by atoms with van der Waals surface area (Å²) in [6.45, 7) is 6.27. The number of H-pyrrole nitrogens is 1. The van der Waals surface area contributed by atoms with Crippen LogP contribution < -0.4 is 10.9 Å². The van der Waals surface area contributed by atoms with Crippen LogP contribution in [0.5, 0.6) is 0 Å². The predicted molar refractivity (Wildman–Crippen MR) is 129 cm³/mol. The van der Waals surface area contributed by atoms with Gasteiger partial charge in [-0.05, 0) is 36.0 Å². The summed E-state index contributed by atoms with van der Waals surface area (Å²) >= 11 is 1.53. The van der Waals surface area contributed by atoms with Gasteiger partial charge in [-0.1, -0.05) is 51.1 Å². The van der Waals surface area contributed by atoms with Crippen LogP contribution in [0.4, 0.5) is 5.82 Å². The molecule has 1 aromatic carbocycles. The predicted octanol–water partition coefficient (Wildman–Crippen LogP) is 4.65. The number of methoxy groups -OCH3 is 1. The molecule has 0 saturated heterocycles. The van der Waals surface area contributed by atoms with Gasteiger partial charge in [0.25, 0.3) is 5.56 Å². The average Bonchev–Trinajstić information content (AvgIpc) is 2.76. The third-order valence-electron chi connectivity index (χ3n) is 6.10. The fourth-order valence-corrected chi connectivity index (χ4v) is 5.48. The van der Waals surface area contributed by atoms with Gasteiger partial charge in [-0.3, -0.25) is 9.59 Å². The fraction of sp³-hybridized carbons (Fsp3) is 0.440. The number of rotatable bonds is 6. The molecule has 1 aromatic heterocycles. The molecule has 1 aliphatic heterocycles. The number of anilines is 1. The number of benzene rings is 1. The average molecular weight is 468 g/mol. The molecule has 174 valence electrons. The molecular weight excluding hydrogens is 438 g/mol. The van der Waals surface area contributed by atoms with Crippen LogP contribution in [0.1, 0.15) is 73.9 Å². The molecule has 2 heterocycles. The number of hydrogen-bond donors (Lipinski definition) is 2. The zero-order valence-corrected chi connectivity index (χ0v) is 20.2. The minimum absolute atomic E-state index is 0.0299. The maximum Gasteiger partial charge on any atom is 0.337 e. The minimum atomic E-state index is -0.544. The van der Waals surface area contributed by atoms with Crippen LogP contribution in [-0.4, -0.2) is 34.6 Å². The summed E-state index contributed by atoms with van der Waals surface area (Å²) in [6, 6.07) is 6.90. The fourth-order valence-electron chi connectivity index (χ4n) is 4.54. The number of esters is 1. The number of hydrogen-bond acceptors (Lipinski definition) is 7. The Balaban J connectivity index is 1.84. The van der Waals surface area contributed by atoms with Crippen LogP contribution in [0.15, 0.2) is 45.5 Å². The van der Waals surface area contributed by atoms with Crippen LogP contribution in [0.25, 0.3) is 0 Å². The number of unbranched alkanes of at least 4 members (excludes halogenated alkanes) is 1. The maximum absolute atomic E-state index is 13.3. The topological polar surface area (TPSA) is 101 Å².